The first-order chi connectivity index (χ1) is 21.3. The van der Waals surface area contributed by atoms with Gasteiger partial charge in [0.25, 0.3) is 0 Å². The number of fused-ring (bicyclic) bond motifs is 7. The first-order valence-corrected chi connectivity index (χ1v) is 20.5. The average molecular weight is 633 g/mol. The normalized spacial score (nSPS) is 12.1. The van der Waals surface area contributed by atoms with E-state index in [1.165, 1.54) is 191 Å². The molecule has 3 heterocycles. The molecule has 5 aromatic rings. The Kier molecular flexibility index (Phi) is 13.7. The molecule has 43 heavy (non-hydrogen) atoms. The lowest BCUT2D eigenvalue weighted by atomic mass is 10.0. The third-order valence-electron chi connectivity index (χ3n) is 9.47. The minimum absolute atomic E-state index is 1.23. The molecule has 0 atom stereocenters. The Bertz CT molecular complexity index is 1400. The van der Waals surface area contributed by atoms with Crippen molar-refractivity contribution >= 4 is 73.0 Å². The van der Waals surface area contributed by atoms with Gasteiger partial charge in [0.1, 0.15) is 0 Å². The predicted octanol–water partition coefficient (Wildman–Crippen LogP) is 15.4. The molecule has 234 valence electrons. The predicted molar refractivity (Wildman–Crippen MR) is 201 cm³/mol. The topological polar surface area (TPSA) is 0 Å². The lowest BCUT2D eigenvalue weighted by Crippen LogP contribution is -1.86. The van der Waals surface area contributed by atoms with E-state index in [1.54, 1.807) is 0 Å². The molecule has 2 aromatic carbocycles. The number of hydrogen-bond acceptors (Lipinski definition) is 3. The summed E-state index contributed by atoms with van der Waals surface area (Å²) in [5.74, 6) is 0. The summed E-state index contributed by atoms with van der Waals surface area (Å²) in [6.07, 6.45) is 30.7. The van der Waals surface area contributed by atoms with Crippen LogP contribution in [0.5, 0.6) is 0 Å². The number of thiophene rings is 3. The summed E-state index contributed by atoms with van der Waals surface area (Å²) in [4.78, 5) is 0. The number of unbranched alkanes of at least 4 members (excludes halogenated alkanes) is 18. The maximum Gasteiger partial charge on any atom is 0.0642 e. The quantitative estimate of drug-likeness (QED) is 0.0666. The van der Waals surface area contributed by atoms with Gasteiger partial charge in [0, 0.05) is 20.2 Å². The van der Waals surface area contributed by atoms with Gasteiger partial charge >= 0.3 is 0 Å². The number of aryl methyl sites for hydroxylation is 2. The van der Waals surface area contributed by atoms with E-state index in [9.17, 15) is 0 Å². The van der Waals surface area contributed by atoms with Crippen molar-refractivity contribution in [2.24, 2.45) is 0 Å². The number of hydrogen-bond donors (Lipinski definition) is 0. The highest BCUT2D eigenvalue weighted by Crippen LogP contribution is 2.50. The van der Waals surface area contributed by atoms with Crippen molar-refractivity contribution in [2.75, 3.05) is 0 Å². The Morgan fingerprint density at radius 3 is 1.09 bits per heavy atom. The zero-order chi connectivity index (χ0) is 29.7. The van der Waals surface area contributed by atoms with Crippen LogP contribution in [0.25, 0.3) is 39.0 Å². The monoisotopic (exact) mass is 632 g/mol. The molecule has 3 aromatic heterocycles. The molecule has 0 aliphatic rings. The molecular formula is C40H56S3. The van der Waals surface area contributed by atoms with Crippen LogP contribution in [0.15, 0.2) is 36.4 Å². The maximum absolute atomic E-state index is 2.50. The van der Waals surface area contributed by atoms with Gasteiger partial charge in [-0.15, -0.1) is 34.0 Å². The highest BCUT2D eigenvalue weighted by molar-refractivity contribution is 7.43. The first-order valence-electron chi connectivity index (χ1n) is 18.1. The van der Waals surface area contributed by atoms with Gasteiger partial charge in [0.05, 0.1) is 18.8 Å². The first kappa shape index (κ1) is 33.0. The SMILES string of the molecule is CCCCCCCCCCCCc1ccc2c(c1)sc1c2sc2c3ccc(CCCCCCCCCCCC)cc3sc21. The fourth-order valence-electron chi connectivity index (χ4n) is 6.78. The molecule has 0 fully saturated rings. The second kappa shape index (κ2) is 17.9. The van der Waals surface area contributed by atoms with E-state index in [4.69, 9.17) is 0 Å². The highest BCUT2D eigenvalue weighted by Gasteiger charge is 2.17. The van der Waals surface area contributed by atoms with Crippen molar-refractivity contribution in [2.45, 2.75) is 155 Å². The molecule has 0 N–H and O–H groups in total. The van der Waals surface area contributed by atoms with Crippen LogP contribution in [0.4, 0.5) is 0 Å². The van der Waals surface area contributed by atoms with Crippen molar-refractivity contribution in [3.8, 4) is 0 Å². The lowest BCUT2D eigenvalue weighted by molar-refractivity contribution is 0.556. The standard InChI is InChI=1S/C40H56S3/c1-3-5-7-9-11-13-15-17-19-21-23-31-25-27-33-35(29-31)41-39-37(33)43-38-34-28-26-32(30-36(34)42-40(38)39)24-22-20-18-16-14-12-10-8-6-4-2/h25-30H,3-24H2,1-2H3. The van der Waals surface area contributed by atoms with Gasteiger partial charge in [-0.25, -0.2) is 0 Å². The molecule has 0 aliphatic carbocycles. The molecule has 0 unspecified atom stereocenters. The highest BCUT2D eigenvalue weighted by atomic mass is 32.1. The molecule has 0 saturated heterocycles. The van der Waals surface area contributed by atoms with Crippen molar-refractivity contribution in [1.82, 2.24) is 0 Å². The van der Waals surface area contributed by atoms with Gasteiger partial charge in [-0.05, 0) is 48.9 Å². The van der Waals surface area contributed by atoms with Gasteiger partial charge in [0.15, 0.2) is 0 Å². The lowest BCUT2D eigenvalue weighted by Gasteiger charge is -2.04. The smallest absolute Gasteiger partial charge is 0.0642 e. The van der Waals surface area contributed by atoms with Crippen molar-refractivity contribution < 1.29 is 0 Å². The van der Waals surface area contributed by atoms with Crippen LogP contribution in [-0.4, -0.2) is 0 Å². The largest absolute Gasteiger partial charge is 0.133 e. The second-order valence-electron chi connectivity index (χ2n) is 13.1. The Morgan fingerprint density at radius 2 is 0.721 bits per heavy atom. The summed E-state index contributed by atoms with van der Waals surface area (Å²) in [6, 6.07) is 14.7. The molecule has 0 saturated carbocycles. The summed E-state index contributed by atoms with van der Waals surface area (Å²) in [5, 5.41) is 2.96. The van der Waals surface area contributed by atoms with Crippen LogP contribution in [0, 0.1) is 0 Å². The molecule has 0 bridgehead atoms. The van der Waals surface area contributed by atoms with E-state index >= 15 is 0 Å². The third kappa shape index (κ3) is 9.30. The zero-order valence-corrected chi connectivity index (χ0v) is 29.7. The van der Waals surface area contributed by atoms with Crippen molar-refractivity contribution in [3.05, 3.63) is 47.5 Å². The van der Waals surface area contributed by atoms with E-state index in [2.05, 4.69) is 50.2 Å². The average Bonchev–Trinajstić information content (AvgIpc) is 3.67. The molecule has 0 spiro atoms. The van der Waals surface area contributed by atoms with Crippen molar-refractivity contribution in [3.63, 3.8) is 0 Å². The molecule has 3 heteroatoms. The van der Waals surface area contributed by atoms with Crippen LogP contribution < -0.4 is 0 Å². The van der Waals surface area contributed by atoms with Crippen LogP contribution in [0.3, 0.4) is 0 Å². The summed E-state index contributed by atoms with van der Waals surface area (Å²) in [5.41, 5.74) is 3.07. The minimum atomic E-state index is 1.23. The van der Waals surface area contributed by atoms with Gasteiger partial charge < -0.3 is 0 Å². The summed E-state index contributed by atoms with van der Waals surface area (Å²) >= 11 is 6.11. The zero-order valence-electron chi connectivity index (χ0n) is 27.2. The number of rotatable bonds is 22. The van der Waals surface area contributed by atoms with E-state index in [1.807, 2.05) is 34.0 Å². The van der Waals surface area contributed by atoms with Crippen LogP contribution in [0.2, 0.25) is 0 Å². The molecule has 5 rings (SSSR count). The van der Waals surface area contributed by atoms with Gasteiger partial charge in [-0.2, -0.15) is 0 Å². The fraction of sp³-hybridized carbons (Fsp3) is 0.600. The number of benzene rings is 2. The molecule has 0 aliphatic heterocycles. The second-order valence-corrected chi connectivity index (χ2v) is 16.3. The Balaban J connectivity index is 1.10. The Hall–Kier alpha value is -1.42. The van der Waals surface area contributed by atoms with E-state index in [0.717, 1.165) is 0 Å². The Morgan fingerprint density at radius 1 is 0.372 bits per heavy atom. The van der Waals surface area contributed by atoms with E-state index < -0.39 is 0 Å². The Labute approximate surface area is 274 Å². The summed E-state index contributed by atoms with van der Waals surface area (Å²) in [7, 11) is 0. The fourth-order valence-corrected chi connectivity index (χ4v) is 11.2. The molecule has 0 nitrogen and oxygen atoms in total. The van der Waals surface area contributed by atoms with Crippen molar-refractivity contribution in [1.29, 1.82) is 0 Å². The minimum Gasteiger partial charge on any atom is -0.133 e. The van der Waals surface area contributed by atoms with Crippen LogP contribution in [-0.2, 0) is 12.8 Å². The van der Waals surface area contributed by atoms with Gasteiger partial charge in [-0.1, -0.05) is 154 Å². The summed E-state index contributed by atoms with van der Waals surface area (Å²) < 4.78 is 9.08. The molecular weight excluding hydrogens is 577 g/mol. The van der Waals surface area contributed by atoms with E-state index in [-0.39, 0.29) is 0 Å². The van der Waals surface area contributed by atoms with E-state index in [0.29, 0.717) is 0 Å². The molecule has 0 amide bonds. The van der Waals surface area contributed by atoms with Gasteiger partial charge in [0.2, 0.25) is 0 Å². The van der Waals surface area contributed by atoms with Crippen LogP contribution in [0.1, 0.15) is 153 Å². The molecule has 0 radical (unpaired) electrons. The van der Waals surface area contributed by atoms with Gasteiger partial charge in [-0.3, -0.25) is 0 Å². The third-order valence-corrected chi connectivity index (χ3v) is 13.5. The maximum atomic E-state index is 2.50. The van der Waals surface area contributed by atoms with Crippen LogP contribution >= 0.6 is 34.0 Å². The summed E-state index contributed by atoms with van der Waals surface area (Å²) in [6.45, 7) is 4.61.